The molecule has 4 heteroatoms. The lowest BCUT2D eigenvalue weighted by molar-refractivity contribution is 1.01. The Balaban J connectivity index is 1.10. The van der Waals surface area contributed by atoms with Gasteiger partial charge >= 0.3 is 0 Å². The molecule has 0 aliphatic heterocycles. The van der Waals surface area contributed by atoms with Gasteiger partial charge in [0.15, 0.2) is 0 Å². The largest absolute Gasteiger partial charge is 0.309 e. The number of aromatic nitrogens is 4. The summed E-state index contributed by atoms with van der Waals surface area (Å²) in [6.07, 6.45) is 0. The van der Waals surface area contributed by atoms with Crippen molar-refractivity contribution in [1.82, 2.24) is 19.1 Å². The van der Waals surface area contributed by atoms with E-state index in [9.17, 15) is 0 Å². The summed E-state index contributed by atoms with van der Waals surface area (Å²) in [5.41, 5.74) is 13.2. The molecule has 0 saturated carbocycles. The van der Waals surface area contributed by atoms with E-state index in [2.05, 4.69) is 215 Å². The van der Waals surface area contributed by atoms with Crippen molar-refractivity contribution in [2.75, 3.05) is 0 Å². The number of hydrogen-bond acceptors (Lipinski definition) is 2. The molecule has 4 nitrogen and oxygen atoms in total. The minimum atomic E-state index is 0.646. The third-order valence-electron chi connectivity index (χ3n) is 11.7. The molecule has 0 spiro atoms. The van der Waals surface area contributed by atoms with E-state index < -0.39 is 0 Å². The topological polar surface area (TPSA) is 35.6 Å². The molecule has 0 saturated heterocycles. The Kier molecular flexibility index (Phi) is 7.20. The summed E-state index contributed by atoms with van der Waals surface area (Å²) in [4.78, 5) is 10.8. The predicted octanol–water partition coefficient (Wildman–Crippen LogP) is 14.0. The van der Waals surface area contributed by atoms with Crippen LogP contribution in [-0.4, -0.2) is 19.1 Å². The van der Waals surface area contributed by atoms with Crippen LogP contribution < -0.4 is 0 Å². The number of nitrogens with zero attached hydrogens (tertiary/aromatic N) is 4. The minimum absolute atomic E-state index is 0.646. The third-order valence-corrected chi connectivity index (χ3v) is 11.7. The molecule has 0 bridgehead atoms. The Morgan fingerprint density at radius 2 is 0.810 bits per heavy atom. The molecule has 0 amide bonds. The van der Waals surface area contributed by atoms with Gasteiger partial charge in [-0.05, 0) is 81.6 Å². The normalized spacial score (nSPS) is 11.8. The van der Waals surface area contributed by atoms with Crippen molar-refractivity contribution in [2.24, 2.45) is 0 Å². The number of hydrogen-bond donors (Lipinski definition) is 0. The second-order valence-corrected chi connectivity index (χ2v) is 15.0. The van der Waals surface area contributed by atoms with Crippen LogP contribution in [-0.2, 0) is 0 Å². The van der Waals surface area contributed by atoms with E-state index in [1.54, 1.807) is 0 Å². The number of fused-ring (bicyclic) bond motifs is 8. The molecule has 3 aromatic heterocycles. The molecule has 0 N–H and O–H groups in total. The van der Waals surface area contributed by atoms with Gasteiger partial charge < -0.3 is 4.57 Å². The maximum atomic E-state index is 5.46. The van der Waals surface area contributed by atoms with Crippen LogP contribution in [0.4, 0.5) is 0 Å². The Morgan fingerprint density at radius 1 is 0.293 bits per heavy atom. The molecule has 0 aliphatic rings. The molecular weight excluding hydrogens is 705 g/mol. The third kappa shape index (κ3) is 5.09. The van der Waals surface area contributed by atoms with Gasteiger partial charge in [-0.2, -0.15) is 0 Å². The molecule has 0 atom stereocenters. The van der Waals surface area contributed by atoms with Crippen molar-refractivity contribution in [2.45, 2.75) is 0 Å². The van der Waals surface area contributed by atoms with E-state index >= 15 is 0 Å². The van der Waals surface area contributed by atoms with Crippen LogP contribution in [0.15, 0.2) is 206 Å². The average Bonchev–Trinajstić information content (AvgIpc) is 3.80. The fraction of sp³-hybridized carbons (Fsp3) is 0. The number of rotatable bonds is 5. The van der Waals surface area contributed by atoms with Gasteiger partial charge in [0.05, 0.1) is 33.3 Å². The first kappa shape index (κ1) is 32.4. The number of para-hydroxylation sites is 3. The zero-order chi connectivity index (χ0) is 38.2. The zero-order valence-corrected chi connectivity index (χ0v) is 31.4. The fourth-order valence-electron chi connectivity index (χ4n) is 8.94. The van der Waals surface area contributed by atoms with Gasteiger partial charge in [0, 0.05) is 38.2 Å². The summed E-state index contributed by atoms with van der Waals surface area (Å²) in [5, 5.41) is 8.22. The molecule has 0 radical (unpaired) electrons. The van der Waals surface area contributed by atoms with E-state index in [1.165, 1.54) is 49.1 Å². The molecule has 12 aromatic rings. The van der Waals surface area contributed by atoms with Gasteiger partial charge in [-0.1, -0.05) is 158 Å². The second-order valence-electron chi connectivity index (χ2n) is 15.0. The van der Waals surface area contributed by atoms with Crippen LogP contribution in [0.25, 0.3) is 110 Å². The summed E-state index contributed by atoms with van der Waals surface area (Å²) in [5.74, 6) is 0.646. The standard InChI is InChI=1S/C54H34N4/c1-3-13-35(14-4-1)36-23-25-37(26-24-36)53-46-20-9-11-21-48(46)55-54(56-53)58-51-34-41(28-30-45(51)47-31-38-15-7-8-16-39(38)32-52(47)58)40-27-29-44-43-19-10-12-22-49(43)57(50(44)33-40)42-17-5-2-6-18-42/h1-34H. The monoisotopic (exact) mass is 738 g/mol. The molecule has 9 aromatic carbocycles. The maximum absolute atomic E-state index is 5.46. The van der Waals surface area contributed by atoms with E-state index in [0.29, 0.717) is 5.95 Å². The number of benzene rings is 9. The summed E-state index contributed by atoms with van der Waals surface area (Å²) in [7, 11) is 0. The quantitative estimate of drug-likeness (QED) is 0.176. The lowest BCUT2D eigenvalue weighted by atomic mass is 10.0. The Labute approximate surface area is 334 Å². The van der Waals surface area contributed by atoms with Gasteiger partial charge in [0.1, 0.15) is 0 Å². The Bertz CT molecular complexity index is 3540. The Hall–Kier alpha value is -7.82. The molecule has 58 heavy (non-hydrogen) atoms. The summed E-state index contributed by atoms with van der Waals surface area (Å²) >= 11 is 0. The highest BCUT2D eigenvalue weighted by Crippen LogP contribution is 2.40. The summed E-state index contributed by atoms with van der Waals surface area (Å²) < 4.78 is 4.65. The van der Waals surface area contributed by atoms with Crippen molar-refractivity contribution < 1.29 is 0 Å². The van der Waals surface area contributed by atoms with Crippen LogP contribution in [0.3, 0.4) is 0 Å². The molecule has 0 unspecified atom stereocenters. The van der Waals surface area contributed by atoms with Crippen molar-refractivity contribution in [1.29, 1.82) is 0 Å². The first-order valence-electron chi connectivity index (χ1n) is 19.7. The molecule has 270 valence electrons. The van der Waals surface area contributed by atoms with Gasteiger partial charge in [-0.3, -0.25) is 4.57 Å². The van der Waals surface area contributed by atoms with E-state index in [-0.39, 0.29) is 0 Å². The van der Waals surface area contributed by atoms with E-state index in [4.69, 9.17) is 9.97 Å². The average molecular weight is 739 g/mol. The minimum Gasteiger partial charge on any atom is -0.309 e. The van der Waals surface area contributed by atoms with Gasteiger partial charge in [-0.15, -0.1) is 0 Å². The van der Waals surface area contributed by atoms with E-state index in [1.807, 2.05) is 0 Å². The Morgan fingerprint density at radius 3 is 1.57 bits per heavy atom. The SMILES string of the molecule is c1ccc(-c2ccc(-c3nc(-n4c5cc(-c6ccc7c8ccccc8n(-c8ccccc8)c7c6)ccc5c5cc6ccccc6cc54)nc4ccccc34)cc2)cc1. The summed E-state index contributed by atoms with van der Waals surface area (Å²) in [6, 6.07) is 73.9. The predicted molar refractivity (Wildman–Crippen MR) is 242 cm³/mol. The summed E-state index contributed by atoms with van der Waals surface area (Å²) in [6.45, 7) is 0. The lowest BCUT2D eigenvalue weighted by Gasteiger charge is -2.13. The van der Waals surface area contributed by atoms with E-state index in [0.717, 1.165) is 55.4 Å². The first-order chi connectivity index (χ1) is 28.7. The highest BCUT2D eigenvalue weighted by molar-refractivity contribution is 6.15. The highest BCUT2D eigenvalue weighted by atomic mass is 15.2. The van der Waals surface area contributed by atoms with Crippen LogP contribution in [0.1, 0.15) is 0 Å². The molecule has 0 aliphatic carbocycles. The first-order valence-corrected chi connectivity index (χ1v) is 19.7. The van der Waals surface area contributed by atoms with Gasteiger partial charge in [-0.25, -0.2) is 9.97 Å². The van der Waals surface area contributed by atoms with Gasteiger partial charge in [0.25, 0.3) is 0 Å². The van der Waals surface area contributed by atoms with Crippen LogP contribution in [0.5, 0.6) is 0 Å². The highest BCUT2D eigenvalue weighted by Gasteiger charge is 2.20. The van der Waals surface area contributed by atoms with Crippen molar-refractivity contribution in [3.63, 3.8) is 0 Å². The fourth-order valence-corrected chi connectivity index (χ4v) is 8.94. The maximum Gasteiger partial charge on any atom is 0.235 e. The zero-order valence-electron chi connectivity index (χ0n) is 31.4. The second kappa shape index (κ2) is 12.9. The van der Waals surface area contributed by atoms with Crippen LogP contribution >= 0.6 is 0 Å². The van der Waals surface area contributed by atoms with Crippen LogP contribution in [0, 0.1) is 0 Å². The van der Waals surface area contributed by atoms with Crippen molar-refractivity contribution >= 4 is 65.3 Å². The van der Waals surface area contributed by atoms with Crippen LogP contribution in [0.2, 0.25) is 0 Å². The molecule has 3 heterocycles. The van der Waals surface area contributed by atoms with Crippen molar-refractivity contribution in [3.8, 4) is 45.1 Å². The molecule has 12 rings (SSSR count). The van der Waals surface area contributed by atoms with Crippen molar-refractivity contribution in [3.05, 3.63) is 206 Å². The lowest BCUT2D eigenvalue weighted by Crippen LogP contribution is -2.03. The smallest absolute Gasteiger partial charge is 0.235 e. The molecule has 0 fully saturated rings. The van der Waals surface area contributed by atoms with Gasteiger partial charge in [0.2, 0.25) is 5.95 Å². The molecular formula is C54H34N4.